The molecular formula is C12H28N2O. The highest BCUT2D eigenvalue weighted by Gasteiger charge is 1.96. The topological polar surface area (TPSA) is 24.5 Å². The first-order valence-corrected chi connectivity index (χ1v) is 6.35. The monoisotopic (exact) mass is 216 g/mol. The molecule has 1 N–H and O–H groups in total. The first-order chi connectivity index (χ1) is 7.35. The number of hydrogen-bond donors (Lipinski definition) is 1. The molecule has 0 aromatic carbocycles. The first-order valence-electron chi connectivity index (χ1n) is 6.35. The molecule has 0 saturated heterocycles. The van der Waals surface area contributed by atoms with Gasteiger partial charge in [0.25, 0.3) is 0 Å². The Kier molecular flexibility index (Phi) is 11.9. The molecule has 0 atom stereocenters. The highest BCUT2D eigenvalue weighted by molar-refractivity contribution is 4.55. The molecule has 3 heteroatoms. The fourth-order valence-corrected chi connectivity index (χ4v) is 1.39. The van der Waals surface area contributed by atoms with Gasteiger partial charge >= 0.3 is 0 Å². The Labute approximate surface area is 95.2 Å². The predicted octanol–water partition coefficient (Wildman–Crippen LogP) is 1.73. The molecule has 0 aliphatic carbocycles. The van der Waals surface area contributed by atoms with Crippen molar-refractivity contribution in [1.82, 2.24) is 10.2 Å². The van der Waals surface area contributed by atoms with Crippen LogP contribution < -0.4 is 5.32 Å². The zero-order valence-corrected chi connectivity index (χ0v) is 10.7. The zero-order valence-electron chi connectivity index (χ0n) is 10.7. The van der Waals surface area contributed by atoms with Gasteiger partial charge < -0.3 is 15.0 Å². The van der Waals surface area contributed by atoms with Crippen LogP contribution in [0.5, 0.6) is 0 Å². The Morgan fingerprint density at radius 2 is 1.73 bits per heavy atom. The van der Waals surface area contributed by atoms with E-state index < -0.39 is 0 Å². The summed E-state index contributed by atoms with van der Waals surface area (Å²) in [6.45, 7) is 13.8. The van der Waals surface area contributed by atoms with Crippen LogP contribution >= 0.6 is 0 Å². The van der Waals surface area contributed by atoms with Crippen molar-refractivity contribution in [3.05, 3.63) is 0 Å². The molecule has 3 nitrogen and oxygen atoms in total. The minimum absolute atomic E-state index is 0.845. The van der Waals surface area contributed by atoms with E-state index in [0.717, 1.165) is 45.9 Å². The van der Waals surface area contributed by atoms with Crippen molar-refractivity contribution in [2.24, 2.45) is 0 Å². The van der Waals surface area contributed by atoms with Gasteiger partial charge in [0.1, 0.15) is 0 Å². The molecule has 92 valence electrons. The second-order valence-electron chi connectivity index (χ2n) is 3.74. The summed E-state index contributed by atoms with van der Waals surface area (Å²) >= 11 is 0. The Morgan fingerprint density at radius 3 is 2.33 bits per heavy atom. The minimum atomic E-state index is 0.845. The third-order valence-electron chi connectivity index (χ3n) is 2.56. The average molecular weight is 216 g/mol. The summed E-state index contributed by atoms with van der Waals surface area (Å²) in [5.41, 5.74) is 0. The van der Waals surface area contributed by atoms with Gasteiger partial charge in [-0.3, -0.25) is 0 Å². The number of ether oxygens (including phenoxy) is 1. The summed E-state index contributed by atoms with van der Waals surface area (Å²) in [6.07, 6.45) is 2.40. The quantitative estimate of drug-likeness (QED) is 0.532. The molecule has 0 heterocycles. The predicted molar refractivity (Wildman–Crippen MR) is 66.4 cm³/mol. The normalized spacial score (nSPS) is 11.2. The van der Waals surface area contributed by atoms with Gasteiger partial charge in [-0.1, -0.05) is 27.2 Å². The standard InChI is InChI=1S/C12H28N2O/c1-4-7-11-15-12-9-13-8-10-14(5-2)6-3/h13H,4-12H2,1-3H3. The van der Waals surface area contributed by atoms with E-state index >= 15 is 0 Å². The van der Waals surface area contributed by atoms with Gasteiger partial charge in [-0.05, 0) is 19.5 Å². The SMILES string of the molecule is CCCCOCCNCCN(CC)CC. The number of unbranched alkanes of at least 4 members (excludes halogenated alkanes) is 1. The van der Waals surface area contributed by atoms with Crippen molar-refractivity contribution in [3.63, 3.8) is 0 Å². The van der Waals surface area contributed by atoms with Crippen LogP contribution in [0.4, 0.5) is 0 Å². The molecular weight excluding hydrogens is 188 g/mol. The average Bonchev–Trinajstić information content (AvgIpc) is 2.27. The highest BCUT2D eigenvalue weighted by atomic mass is 16.5. The Balaban J connectivity index is 3.04. The molecule has 0 rings (SSSR count). The molecule has 15 heavy (non-hydrogen) atoms. The van der Waals surface area contributed by atoms with Crippen molar-refractivity contribution in [1.29, 1.82) is 0 Å². The van der Waals surface area contributed by atoms with Gasteiger partial charge in [-0.15, -0.1) is 0 Å². The first kappa shape index (κ1) is 14.9. The third kappa shape index (κ3) is 10.2. The second-order valence-corrected chi connectivity index (χ2v) is 3.74. The molecule has 0 unspecified atom stereocenters. The van der Waals surface area contributed by atoms with Crippen molar-refractivity contribution >= 4 is 0 Å². The molecule has 0 aromatic heterocycles. The Hall–Kier alpha value is -0.120. The van der Waals surface area contributed by atoms with Gasteiger partial charge in [0.15, 0.2) is 0 Å². The van der Waals surface area contributed by atoms with E-state index in [0.29, 0.717) is 0 Å². The molecule has 0 spiro atoms. The third-order valence-corrected chi connectivity index (χ3v) is 2.56. The van der Waals surface area contributed by atoms with Gasteiger partial charge in [0, 0.05) is 26.2 Å². The zero-order chi connectivity index (χ0) is 11.4. The molecule has 0 aliphatic heterocycles. The maximum Gasteiger partial charge on any atom is 0.0590 e. The summed E-state index contributed by atoms with van der Waals surface area (Å²) in [4.78, 5) is 2.42. The van der Waals surface area contributed by atoms with E-state index in [2.05, 4.69) is 31.0 Å². The number of likely N-dealkylation sites (N-methyl/N-ethyl adjacent to an activating group) is 1. The lowest BCUT2D eigenvalue weighted by Crippen LogP contribution is -2.33. The number of nitrogens with zero attached hydrogens (tertiary/aromatic N) is 1. The van der Waals surface area contributed by atoms with E-state index in [4.69, 9.17) is 4.74 Å². The minimum Gasteiger partial charge on any atom is -0.380 e. The van der Waals surface area contributed by atoms with Crippen LogP contribution in [0.15, 0.2) is 0 Å². The van der Waals surface area contributed by atoms with Gasteiger partial charge in [0.2, 0.25) is 0 Å². The number of rotatable bonds is 11. The van der Waals surface area contributed by atoms with Crippen LogP contribution in [0.3, 0.4) is 0 Å². The van der Waals surface area contributed by atoms with Crippen molar-refractivity contribution in [2.45, 2.75) is 33.6 Å². The molecule has 0 bridgehead atoms. The van der Waals surface area contributed by atoms with Crippen LogP contribution in [-0.4, -0.2) is 50.8 Å². The Morgan fingerprint density at radius 1 is 1.00 bits per heavy atom. The second kappa shape index (κ2) is 12.0. The molecule has 0 radical (unpaired) electrons. The van der Waals surface area contributed by atoms with E-state index in [1.54, 1.807) is 0 Å². The lowest BCUT2D eigenvalue weighted by atomic mass is 10.4. The summed E-state index contributed by atoms with van der Waals surface area (Å²) in [6, 6.07) is 0. The number of hydrogen-bond acceptors (Lipinski definition) is 3. The highest BCUT2D eigenvalue weighted by Crippen LogP contribution is 1.87. The molecule has 0 fully saturated rings. The fourth-order valence-electron chi connectivity index (χ4n) is 1.39. The summed E-state index contributed by atoms with van der Waals surface area (Å²) < 4.78 is 5.46. The van der Waals surface area contributed by atoms with Crippen molar-refractivity contribution < 1.29 is 4.74 Å². The molecule has 0 amide bonds. The molecule has 0 saturated carbocycles. The molecule has 0 aromatic rings. The maximum atomic E-state index is 5.46. The lowest BCUT2D eigenvalue weighted by Gasteiger charge is -2.17. The van der Waals surface area contributed by atoms with Gasteiger partial charge in [-0.25, -0.2) is 0 Å². The number of nitrogens with one attached hydrogen (secondary N) is 1. The lowest BCUT2D eigenvalue weighted by molar-refractivity contribution is 0.132. The van der Waals surface area contributed by atoms with E-state index in [9.17, 15) is 0 Å². The van der Waals surface area contributed by atoms with E-state index in [1.165, 1.54) is 12.8 Å². The van der Waals surface area contributed by atoms with Crippen LogP contribution in [-0.2, 0) is 4.74 Å². The van der Waals surface area contributed by atoms with E-state index in [-0.39, 0.29) is 0 Å². The molecule has 0 aliphatic rings. The summed E-state index contributed by atoms with van der Waals surface area (Å²) in [7, 11) is 0. The van der Waals surface area contributed by atoms with E-state index in [1.807, 2.05) is 0 Å². The van der Waals surface area contributed by atoms with Crippen LogP contribution in [0.25, 0.3) is 0 Å². The summed E-state index contributed by atoms with van der Waals surface area (Å²) in [5, 5.41) is 3.39. The smallest absolute Gasteiger partial charge is 0.0590 e. The fraction of sp³-hybridized carbons (Fsp3) is 1.00. The van der Waals surface area contributed by atoms with Gasteiger partial charge in [-0.2, -0.15) is 0 Å². The van der Waals surface area contributed by atoms with Crippen LogP contribution in [0, 0.1) is 0 Å². The summed E-state index contributed by atoms with van der Waals surface area (Å²) in [5.74, 6) is 0. The Bertz CT molecular complexity index is 116. The maximum absolute atomic E-state index is 5.46. The van der Waals surface area contributed by atoms with Gasteiger partial charge in [0.05, 0.1) is 6.61 Å². The van der Waals surface area contributed by atoms with Crippen molar-refractivity contribution in [2.75, 3.05) is 45.9 Å². The van der Waals surface area contributed by atoms with Crippen molar-refractivity contribution in [3.8, 4) is 0 Å². The largest absolute Gasteiger partial charge is 0.380 e. The van der Waals surface area contributed by atoms with Crippen LogP contribution in [0.2, 0.25) is 0 Å². The van der Waals surface area contributed by atoms with Crippen LogP contribution in [0.1, 0.15) is 33.6 Å².